The zero-order valence-corrected chi connectivity index (χ0v) is 19.5. The number of hydrogen-bond donors (Lipinski definition) is 3. The van der Waals surface area contributed by atoms with Crippen LogP contribution in [0.2, 0.25) is 0 Å². The predicted molar refractivity (Wildman–Crippen MR) is 125 cm³/mol. The molecule has 0 unspecified atom stereocenters. The van der Waals surface area contributed by atoms with Gasteiger partial charge >= 0.3 is 12.2 Å². The maximum Gasteiger partial charge on any atom is 0.414 e. The lowest BCUT2D eigenvalue weighted by Crippen LogP contribution is -2.51. The van der Waals surface area contributed by atoms with Crippen LogP contribution in [-0.2, 0) is 9.53 Å². The van der Waals surface area contributed by atoms with Crippen molar-refractivity contribution in [1.82, 2.24) is 20.5 Å². The van der Waals surface area contributed by atoms with Gasteiger partial charge in [-0.05, 0) is 12.1 Å². The molecule has 0 radical (unpaired) electrons. The van der Waals surface area contributed by atoms with Crippen molar-refractivity contribution in [2.24, 2.45) is 0 Å². The number of ether oxygens (including phenoxy) is 1. The number of hydrogen-bond acceptors (Lipinski definition) is 7. The highest BCUT2D eigenvalue weighted by Gasteiger charge is 2.34. The molecule has 2 aliphatic rings. The van der Waals surface area contributed by atoms with Gasteiger partial charge in [0.25, 0.3) is 5.91 Å². The van der Waals surface area contributed by atoms with Crippen LogP contribution in [0.4, 0.5) is 29.7 Å². The minimum atomic E-state index is -1.28. The Morgan fingerprint density at radius 1 is 1.11 bits per heavy atom. The lowest BCUT2D eigenvalue weighted by atomic mass is 10.2. The van der Waals surface area contributed by atoms with Crippen LogP contribution in [0.25, 0.3) is 0 Å². The number of carboxylic acid groups (broad SMARTS) is 1. The van der Waals surface area contributed by atoms with Crippen LogP contribution in [0.1, 0.15) is 10.4 Å². The van der Waals surface area contributed by atoms with Gasteiger partial charge in [-0.25, -0.2) is 18.4 Å². The Labute approximate surface area is 209 Å². The maximum absolute atomic E-state index is 15.0. The molecule has 1 aromatic carbocycles. The molecule has 12 nitrogen and oxygen atoms in total. The third-order valence-corrected chi connectivity index (χ3v) is 5.94. The molecule has 4 amide bonds. The first kappa shape index (κ1) is 25.6. The second kappa shape index (κ2) is 11.1. The van der Waals surface area contributed by atoms with E-state index in [0.717, 1.165) is 17.0 Å². The quantitative estimate of drug-likeness (QED) is 0.493. The molecule has 1 atom stereocenters. The first-order valence-electron chi connectivity index (χ1n) is 11.4. The van der Waals surface area contributed by atoms with E-state index in [2.05, 4.69) is 15.6 Å². The lowest BCUT2D eigenvalue weighted by Gasteiger charge is -2.36. The minimum Gasteiger partial charge on any atom is -0.465 e. The number of aromatic nitrogens is 1. The van der Waals surface area contributed by atoms with Crippen molar-refractivity contribution in [3.05, 3.63) is 53.9 Å². The summed E-state index contributed by atoms with van der Waals surface area (Å²) in [4.78, 5) is 55.2. The molecule has 1 aromatic heterocycles. The van der Waals surface area contributed by atoms with Gasteiger partial charge in [-0.2, -0.15) is 0 Å². The molecule has 2 fully saturated rings. The molecule has 196 valence electrons. The number of carbonyl (C=O) groups excluding carboxylic acids is 3. The summed E-state index contributed by atoms with van der Waals surface area (Å²) >= 11 is 0. The van der Waals surface area contributed by atoms with Crippen LogP contribution in [0.15, 0.2) is 36.7 Å². The molecule has 0 saturated carbocycles. The zero-order valence-electron chi connectivity index (χ0n) is 19.5. The number of amides is 4. The Morgan fingerprint density at radius 3 is 2.43 bits per heavy atom. The number of piperazine rings is 1. The fourth-order valence-electron chi connectivity index (χ4n) is 4.10. The van der Waals surface area contributed by atoms with E-state index in [-0.39, 0.29) is 63.1 Å². The molecule has 0 spiro atoms. The Bertz CT molecular complexity index is 1170. The van der Waals surface area contributed by atoms with E-state index in [0.29, 0.717) is 5.56 Å². The molecule has 3 N–H and O–H groups in total. The van der Waals surface area contributed by atoms with Gasteiger partial charge in [0.15, 0.2) is 11.6 Å². The first-order valence-corrected chi connectivity index (χ1v) is 11.4. The maximum atomic E-state index is 15.0. The summed E-state index contributed by atoms with van der Waals surface area (Å²) in [7, 11) is 0. The Balaban J connectivity index is 1.33. The molecule has 2 saturated heterocycles. The van der Waals surface area contributed by atoms with Crippen LogP contribution >= 0.6 is 0 Å². The summed E-state index contributed by atoms with van der Waals surface area (Å²) in [6, 6.07) is 5.20. The number of anilines is 2. The van der Waals surface area contributed by atoms with E-state index < -0.39 is 35.8 Å². The minimum absolute atomic E-state index is 0.0558. The van der Waals surface area contributed by atoms with Crippen molar-refractivity contribution in [1.29, 1.82) is 0 Å². The molecule has 2 aromatic rings. The van der Waals surface area contributed by atoms with E-state index in [9.17, 15) is 28.0 Å². The fraction of sp³-hybridized carbons (Fsp3) is 0.348. The third kappa shape index (κ3) is 6.02. The second-order valence-corrected chi connectivity index (χ2v) is 8.35. The molecule has 37 heavy (non-hydrogen) atoms. The van der Waals surface area contributed by atoms with E-state index >= 15 is 0 Å². The van der Waals surface area contributed by atoms with Crippen LogP contribution in [0, 0.1) is 11.6 Å². The Hall–Kier alpha value is -4.49. The van der Waals surface area contributed by atoms with Gasteiger partial charge in [0.05, 0.1) is 30.9 Å². The van der Waals surface area contributed by atoms with Gasteiger partial charge in [-0.3, -0.25) is 19.5 Å². The highest BCUT2D eigenvalue weighted by Crippen LogP contribution is 2.31. The average molecular weight is 518 g/mol. The van der Waals surface area contributed by atoms with Gasteiger partial charge < -0.3 is 30.3 Å². The Kier molecular flexibility index (Phi) is 7.65. The number of nitrogens with one attached hydrogen (secondary N) is 2. The summed E-state index contributed by atoms with van der Waals surface area (Å²) in [6.07, 6.45) is -0.0128. The summed E-state index contributed by atoms with van der Waals surface area (Å²) in [5.41, 5.74) is -0.0127. The van der Waals surface area contributed by atoms with Gasteiger partial charge in [0.1, 0.15) is 11.8 Å². The van der Waals surface area contributed by atoms with Crippen molar-refractivity contribution in [3.8, 4) is 0 Å². The molecule has 0 bridgehead atoms. The lowest BCUT2D eigenvalue weighted by molar-refractivity contribution is -0.130. The molecular weight excluding hydrogens is 494 g/mol. The van der Waals surface area contributed by atoms with Crippen molar-refractivity contribution < 1.29 is 37.8 Å². The van der Waals surface area contributed by atoms with Gasteiger partial charge in [-0.15, -0.1) is 0 Å². The highest BCUT2D eigenvalue weighted by atomic mass is 19.1. The number of pyridine rings is 1. The third-order valence-electron chi connectivity index (χ3n) is 5.94. The summed E-state index contributed by atoms with van der Waals surface area (Å²) in [5.74, 6) is -2.54. The van der Waals surface area contributed by atoms with E-state index in [1.54, 1.807) is 12.1 Å². The zero-order chi connectivity index (χ0) is 26.5. The standard InChI is InChI=1S/C23H24F2N6O6/c24-17-8-15(31-13-16(37-23(31)36)11-28-22(34)35)9-18(25)20(17)30-6-4-29(5-7-30)19(32)12-27-21(33)14-2-1-3-26-10-14/h1-3,8-10,16,28H,4-7,11-13H2,(H,27,33)(H,34,35)/t16-/m0/s1. The van der Waals surface area contributed by atoms with Crippen molar-refractivity contribution in [2.45, 2.75) is 6.10 Å². The van der Waals surface area contributed by atoms with Crippen molar-refractivity contribution >= 4 is 35.4 Å². The van der Waals surface area contributed by atoms with Gasteiger partial charge in [0, 0.05) is 50.7 Å². The highest BCUT2D eigenvalue weighted by molar-refractivity contribution is 5.96. The number of nitrogens with zero attached hydrogens (tertiary/aromatic N) is 4. The molecule has 4 rings (SSSR count). The smallest absolute Gasteiger partial charge is 0.414 e. The van der Waals surface area contributed by atoms with Crippen LogP contribution in [-0.4, -0.2) is 90.9 Å². The molecule has 2 aliphatic heterocycles. The Morgan fingerprint density at radius 2 is 1.81 bits per heavy atom. The van der Waals surface area contributed by atoms with E-state index in [1.165, 1.54) is 22.2 Å². The SMILES string of the molecule is O=C(O)NC[C@H]1CN(c2cc(F)c(N3CCN(C(=O)CNC(=O)c4cccnc4)CC3)c(F)c2)C(=O)O1. The monoisotopic (exact) mass is 518 g/mol. The fourth-order valence-corrected chi connectivity index (χ4v) is 4.10. The van der Waals surface area contributed by atoms with Crippen molar-refractivity contribution in [2.75, 3.05) is 55.6 Å². The van der Waals surface area contributed by atoms with E-state index in [1.807, 2.05) is 0 Å². The molecule has 3 heterocycles. The first-order chi connectivity index (χ1) is 17.7. The van der Waals surface area contributed by atoms with Crippen LogP contribution < -0.4 is 20.4 Å². The molecular formula is C23H24F2N6O6. The summed E-state index contributed by atoms with van der Waals surface area (Å²) in [5, 5.41) is 13.3. The number of cyclic esters (lactones) is 1. The normalized spacial score (nSPS) is 17.4. The number of rotatable bonds is 7. The van der Waals surface area contributed by atoms with Crippen LogP contribution in [0.5, 0.6) is 0 Å². The summed E-state index contributed by atoms with van der Waals surface area (Å²) < 4.78 is 35.0. The largest absolute Gasteiger partial charge is 0.465 e. The predicted octanol–water partition coefficient (Wildman–Crippen LogP) is 1.03. The van der Waals surface area contributed by atoms with Gasteiger partial charge in [0.2, 0.25) is 5.91 Å². The molecule has 14 heteroatoms. The van der Waals surface area contributed by atoms with Crippen LogP contribution in [0.3, 0.4) is 0 Å². The topological polar surface area (TPSA) is 144 Å². The average Bonchev–Trinajstić information content (AvgIpc) is 3.26. The molecule has 0 aliphatic carbocycles. The summed E-state index contributed by atoms with van der Waals surface area (Å²) in [6.45, 7) is 0.248. The second-order valence-electron chi connectivity index (χ2n) is 8.35. The number of benzene rings is 1. The van der Waals surface area contributed by atoms with Gasteiger partial charge in [-0.1, -0.05) is 0 Å². The number of carbonyl (C=O) groups is 4. The van der Waals surface area contributed by atoms with Crippen molar-refractivity contribution in [3.63, 3.8) is 0 Å². The van der Waals surface area contributed by atoms with E-state index in [4.69, 9.17) is 9.84 Å². The number of halogens is 2.